The maximum absolute atomic E-state index is 12.8. The van der Waals surface area contributed by atoms with E-state index in [1.807, 2.05) is 62.3 Å². The molecule has 0 amide bonds. The van der Waals surface area contributed by atoms with Crippen LogP contribution in [0, 0.1) is 23.7 Å². The summed E-state index contributed by atoms with van der Waals surface area (Å²) in [5.41, 5.74) is 1.74. The van der Waals surface area contributed by atoms with Crippen LogP contribution in [0.5, 0.6) is 0 Å². The zero-order valence-corrected chi connectivity index (χ0v) is 24.0. The average molecular weight is 539 g/mol. The van der Waals surface area contributed by atoms with Crippen molar-refractivity contribution in [3.63, 3.8) is 0 Å². The fourth-order valence-corrected chi connectivity index (χ4v) is 4.91. The molecule has 0 aliphatic heterocycles. The predicted octanol–water partition coefficient (Wildman–Crippen LogP) is 5.00. The van der Waals surface area contributed by atoms with Gasteiger partial charge < -0.3 is 19.3 Å². The van der Waals surface area contributed by atoms with Gasteiger partial charge in [0, 0.05) is 24.0 Å². The van der Waals surface area contributed by atoms with E-state index < -0.39 is 12.2 Å². The lowest BCUT2D eigenvalue weighted by molar-refractivity contribution is -0.167. The summed E-state index contributed by atoms with van der Waals surface area (Å²) < 4.78 is 11.8. The SMILES string of the molecule is CN(C)CCCC(=O)O[C@H]1CC#Cc2c(c3ccccc3c3ccccc23)C#CC[C@@H]1OC(=O)CCCN(C)C. The molecule has 0 heterocycles. The molecule has 4 rings (SSSR count). The van der Waals surface area contributed by atoms with E-state index in [1.54, 1.807) is 0 Å². The summed E-state index contributed by atoms with van der Waals surface area (Å²) in [6, 6.07) is 16.4. The minimum Gasteiger partial charge on any atom is -0.457 e. The highest BCUT2D eigenvalue weighted by Gasteiger charge is 2.28. The first-order valence-corrected chi connectivity index (χ1v) is 13.9. The molecular weight excluding hydrogens is 500 g/mol. The van der Waals surface area contributed by atoms with Crippen molar-refractivity contribution in [1.82, 2.24) is 9.80 Å². The van der Waals surface area contributed by atoms with E-state index in [0.29, 0.717) is 12.8 Å². The van der Waals surface area contributed by atoms with Crippen LogP contribution in [-0.4, -0.2) is 75.2 Å². The quantitative estimate of drug-likeness (QED) is 0.206. The second-order valence-corrected chi connectivity index (χ2v) is 10.7. The van der Waals surface area contributed by atoms with Gasteiger partial charge in [-0.1, -0.05) is 72.2 Å². The summed E-state index contributed by atoms with van der Waals surface area (Å²) in [5.74, 6) is 12.6. The second-order valence-electron chi connectivity index (χ2n) is 10.7. The van der Waals surface area contributed by atoms with Crippen molar-refractivity contribution in [2.75, 3.05) is 41.3 Å². The third-order valence-corrected chi connectivity index (χ3v) is 6.92. The van der Waals surface area contributed by atoms with Gasteiger partial charge in [0.1, 0.15) is 0 Å². The first kappa shape index (κ1) is 29.2. The Morgan fingerprint density at radius 1 is 0.675 bits per heavy atom. The Hall–Kier alpha value is -3.84. The van der Waals surface area contributed by atoms with Gasteiger partial charge in [0.2, 0.25) is 0 Å². The molecule has 1 aliphatic rings. The molecule has 3 aromatic rings. The minimum absolute atomic E-state index is 0.247. The van der Waals surface area contributed by atoms with Crippen LogP contribution in [-0.2, 0) is 19.1 Å². The molecule has 1 aliphatic carbocycles. The number of rotatable bonds is 10. The van der Waals surface area contributed by atoms with E-state index in [9.17, 15) is 9.59 Å². The van der Waals surface area contributed by atoms with E-state index >= 15 is 0 Å². The number of hydrogen-bond donors (Lipinski definition) is 0. The summed E-state index contributed by atoms with van der Waals surface area (Å²) in [7, 11) is 7.88. The molecule has 3 aromatic carbocycles. The zero-order chi connectivity index (χ0) is 28.5. The molecule has 0 bridgehead atoms. The Labute approximate surface area is 237 Å². The number of carbonyl (C=O) groups excluding carboxylic acids is 2. The predicted molar refractivity (Wildman–Crippen MR) is 160 cm³/mol. The Balaban J connectivity index is 1.67. The molecule has 6 heteroatoms. The first-order valence-electron chi connectivity index (χ1n) is 13.9. The van der Waals surface area contributed by atoms with Crippen molar-refractivity contribution < 1.29 is 19.1 Å². The van der Waals surface area contributed by atoms with Crippen LogP contribution < -0.4 is 0 Å². The fraction of sp³-hybridized carbons (Fsp3) is 0.412. The molecule has 6 nitrogen and oxygen atoms in total. The van der Waals surface area contributed by atoms with Gasteiger partial charge in [-0.05, 0) is 75.7 Å². The molecule has 0 saturated carbocycles. The Bertz CT molecular complexity index is 1370. The lowest BCUT2D eigenvalue weighted by Gasteiger charge is -2.25. The largest absolute Gasteiger partial charge is 0.457 e. The van der Waals surface area contributed by atoms with Crippen LogP contribution in [0.4, 0.5) is 0 Å². The molecule has 40 heavy (non-hydrogen) atoms. The first-order chi connectivity index (χ1) is 19.3. The smallest absolute Gasteiger partial charge is 0.306 e. The number of ether oxygens (including phenoxy) is 2. The summed E-state index contributed by atoms with van der Waals surface area (Å²) in [5, 5.41) is 4.33. The maximum atomic E-state index is 12.8. The van der Waals surface area contributed by atoms with Crippen molar-refractivity contribution in [1.29, 1.82) is 0 Å². The van der Waals surface area contributed by atoms with Crippen LogP contribution in [0.15, 0.2) is 48.5 Å². The number of hydrogen-bond acceptors (Lipinski definition) is 6. The topological polar surface area (TPSA) is 59.1 Å². The summed E-state index contributed by atoms with van der Waals surface area (Å²) in [6.07, 6.45) is 1.05. The number of nitrogens with zero attached hydrogens (tertiary/aromatic N) is 2. The number of fused-ring (bicyclic) bond motifs is 6. The third-order valence-electron chi connectivity index (χ3n) is 6.92. The van der Waals surface area contributed by atoms with Crippen LogP contribution in [0.1, 0.15) is 49.7 Å². The van der Waals surface area contributed by atoms with Gasteiger partial charge in [0.05, 0.1) is 12.8 Å². The second kappa shape index (κ2) is 14.0. The van der Waals surface area contributed by atoms with Crippen LogP contribution in [0.25, 0.3) is 21.5 Å². The van der Waals surface area contributed by atoms with Crippen molar-refractivity contribution in [3.05, 3.63) is 59.7 Å². The minimum atomic E-state index is -0.695. The Morgan fingerprint density at radius 2 is 1.05 bits per heavy atom. The number of esters is 2. The zero-order valence-electron chi connectivity index (χ0n) is 24.0. The summed E-state index contributed by atoms with van der Waals surface area (Å²) in [6.45, 7) is 1.57. The standard InChI is InChI=1S/C34H38N2O4/c1-35(2)23-11-21-33(37)39-31-19-9-17-29-27-15-7-5-13-25(27)26-14-6-8-16-28(26)30(29)18-10-20-32(31)40-34(38)22-12-24-36(3)4/h5-8,13-16,31-32H,11-12,19-24H2,1-4H3/t31-,32-/m0/s1. The highest BCUT2D eigenvalue weighted by Crippen LogP contribution is 2.32. The lowest BCUT2D eigenvalue weighted by atomic mass is 9.91. The number of carbonyl (C=O) groups is 2. The molecule has 208 valence electrons. The van der Waals surface area contributed by atoms with Crippen molar-refractivity contribution >= 4 is 33.5 Å². The van der Waals surface area contributed by atoms with Gasteiger partial charge in [0.15, 0.2) is 12.2 Å². The van der Waals surface area contributed by atoms with Crippen LogP contribution >= 0.6 is 0 Å². The van der Waals surface area contributed by atoms with Gasteiger partial charge in [-0.2, -0.15) is 0 Å². The van der Waals surface area contributed by atoms with Crippen LogP contribution in [0.2, 0.25) is 0 Å². The van der Waals surface area contributed by atoms with Crippen molar-refractivity contribution in [2.24, 2.45) is 0 Å². The van der Waals surface area contributed by atoms with Gasteiger partial charge in [-0.25, -0.2) is 0 Å². The highest BCUT2D eigenvalue weighted by molar-refractivity contribution is 6.12. The normalized spacial score (nSPS) is 16.6. The van der Waals surface area contributed by atoms with E-state index in [1.165, 1.54) is 0 Å². The molecule has 0 saturated heterocycles. The van der Waals surface area contributed by atoms with Gasteiger partial charge in [0.25, 0.3) is 0 Å². The average Bonchev–Trinajstić information content (AvgIpc) is 2.92. The Morgan fingerprint density at radius 3 is 1.43 bits per heavy atom. The number of benzene rings is 3. The molecule has 0 radical (unpaired) electrons. The van der Waals surface area contributed by atoms with E-state index in [2.05, 4.69) is 47.9 Å². The van der Waals surface area contributed by atoms with Gasteiger partial charge in [-0.15, -0.1) is 0 Å². The van der Waals surface area contributed by atoms with E-state index in [-0.39, 0.29) is 37.6 Å². The van der Waals surface area contributed by atoms with Crippen molar-refractivity contribution in [2.45, 2.75) is 50.7 Å². The fourth-order valence-electron chi connectivity index (χ4n) is 4.91. The maximum Gasteiger partial charge on any atom is 0.306 e. The lowest BCUT2D eigenvalue weighted by Crippen LogP contribution is -2.35. The van der Waals surface area contributed by atoms with Crippen LogP contribution in [0.3, 0.4) is 0 Å². The Kier molecular flexibility index (Phi) is 10.2. The summed E-state index contributed by atoms with van der Waals surface area (Å²) in [4.78, 5) is 29.6. The molecule has 0 unspecified atom stereocenters. The van der Waals surface area contributed by atoms with Gasteiger partial charge in [-0.3, -0.25) is 9.59 Å². The molecule has 0 aromatic heterocycles. The van der Waals surface area contributed by atoms with E-state index in [4.69, 9.17) is 9.47 Å². The molecule has 0 spiro atoms. The third kappa shape index (κ3) is 7.63. The van der Waals surface area contributed by atoms with Crippen molar-refractivity contribution in [3.8, 4) is 23.7 Å². The van der Waals surface area contributed by atoms with Gasteiger partial charge >= 0.3 is 11.9 Å². The molecular formula is C34H38N2O4. The summed E-state index contributed by atoms with van der Waals surface area (Å²) >= 11 is 0. The van der Waals surface area contributed by atoms with E-state index in [0.717, 1.165) is 45.8 Å². The molecule has 0 N–H and O–H groups in total. The molecule has 0 fully saturated rings. The monoisotopic (exact) mass is 538 g/mol. The highest BCUT2D eigenvalue weighted by atomic mass is 16.6. The molecule has 2 atom stereocenters.